The number of ether oxygens (including phenoxy) is 2. The number of methoxy groups -OCH3 is 2. The molecule has 1 aliphatic carbocycles. The summed E-state index contributed by atoms with van der Waals surface area (Å²) in [6.07, 6.45) is 13.8. The zero-order valence-electron chi connectivity index (χ0n) is 24.6. The van der Waals surface area contributed by atoms with Gasteiger partial charge in [0.2, 0.25) is 0 Å². The first-order valence-corrected chi connectivity index (χ1v) is 12.7. The maximum atomic E-state index is 12.6. The van der Waals surface area contributed by atoms with Crippen LogP contribution in [0.5, 0.6) is 0 Å². The Morgan fingerprint density at radius 2 is 1.77 bits per heavy atom. The van der Waals surface area contributed by atoms with Crippen LogP contribution >= 0.6 is 0 Å². The van der Waals surface area contributed by atoms with Crippen molar-refractivity contribution in [2.75, 3.05) is 40.7 Å². The van der Waals surface area contributed by atoms with Gasteiger partial charge in [-0.3, -0.25) is 9.59 Å². The van der Waals surface area contributed by atoms with Crippen LogP contribution in [0.1, 0.15) is 39.2 Å². The van der Waals surface area contributed by atoms with E-state index < -0.39 is 0 Å². The number of aliphatic hydroxyl groups is 1. The Morgan fingerprint density at radius 3 is 2.28 bits per heavy atom. The van der Waals surface area contributed by atoms with Gasteiger partial charge in [-0.25, -0.2) is 0 Å². The minimum absolute atomic E-state index is 0.0499. The topological polar surface area (TPSA) is 88.1 Å². The molecule has 7 nitrogen and oxygen atoms in total. The molecule has 1 aromatic rings. The average molecular weight is 537 g/mol. The van der Waals surface area contributed by atoms with Gasteiger partial charge in [0.05, 0.1) is 25.7 Å². The molecule has 0 saturated carbocycles. The summed E-state index contributed by atoms with van der Waals surface area (Å²) in [5.74, 6) is 1.62. The fourth-order valence-electron chi connectivity index (χ4n) is 3.01. The average Bonchev–Trinajstić information content (AvgIpc) is 3.17. The molecule has 0 spiro atoms. The molecule has 0 aromatic heterocycles. The number of aldehydes is 1. The fourth-order valence-corrected chi connectivity index (χ4v) is 3.01. The molecule has 39 heavy (non-hydrogen) atoms. The minimum Gasteiger partial charge on any atom is -0.512 e. The second-order valence-electron chi connectivity index (χ2n) is 8.26. The van der Waals surface area contributed by atoms with Crippen molar-refractivity contribution in [3.05, 3.63) is 107 Å². The minimum atomic E-state index is -0.0499. The first kappa shape index (κ1) is 34.7. The number of amides is 1. The number of anilines is 1. The molecule has 2 N–H and O–H groups in total. The molecule has 0 aliphatic heterocycles. The number of likely N-dealkylation sites (N-methyl/N-ethyl adjacent to an activating group) is 1. The largest absolute Gasteiger partial charge is 0.512 e. The van der Waals surface area contributed by atoms with Crippen molar-refractivity contribution in [3.63, 3.8) is 0 Å². The van der Waals surface area contributed by atoms with Gasteiger partial charge < -0.3 is 24.8 Å². The lowest BCUT2D eigenvalue weighted by atomic mass is 10.0. The molecule has 0 fully saturated rings. The molecule has 2 rings (SSSR count). The lowest BCUT2D eigenvalue weighted by Gasteiger charge is -2.15. The Bertz CT molecular complexity index is 1120. The van der Waals surface area contributed by atoms with E-state index in [1.165, 1.54) is 0 Å². The van der Waals surface area contributed by atoms with Gasteiger partial charge in [-0.2, -0.15) is 0 Å². The Morgan fingerprint density at radius 1 is 1.13 bits per heavy atom. The number of nitrogens with one attached hydrogen (secondary N) is 1. The van der Waals surface area contributed by atoms with E-state index in [2.05, 4.69) is 11.9 Å². The number of benzene rings is 1. The predicted octanol–water partition coefficient (Wildman–Crippen LogP) is 6.77. The molecule has 1 aliphatic rings. The summed E-state index contributed by atoms with van der Waals surface area (Å²) in [6.45, 7) is 9.91. The predicted molar refractivity (Wildman–Crippen MR) is 162 cm³/mol. The third-order valence-corrected chi connectivity index (χ3v) is 5.20. The summed E-state index contributed by atoms with van der Waals surface area (Å²) in [5, 5.41) is 12.0. The standard InChI is InChI=1S/C22H30N2O3.C8H8O2.C2H6/c1-16(14-20(27-7)15-17(2)26-6)8-13-21(22(25)24(4)5)18-9-11-19(23-3)12-10-18;9-6-7-2-1-3-8(10)5-4-7;1-2/h9-15,23H,1,8H2,2-7H3;1-4,6,10H,5H2;1-2H3/b17-15+,20-14+,21-13+;;. The van der Waals surface area contributed by atoms with Crippen LogP contribution in [0.3, 0.4) is 0 Å². The number of hydrogen-bond donors (Lipinski definition) is 2. The van der Waals surface area contributed by atoms with Crippen molar-refractivity contribution in [2.24, 2.45) is 0 Å². The van der Waals surface area contributed by atoms with Gasteiger partial charge in [-0.15, -0.1) is 0 Å². The number of carbonyl (C=O) groups is 2. The van der Waals surface area contributed by atoms with Gasteiger partial charge in [0, 0.05) is 50.5 Å². The molecular weight excluding hydrogens is 492 g/mol. The van der Waals surface area contributed by atoms with E-state index >= 15 is 0 Å². The summed E-state index contributed by atoms with van der Waals surface area (Å²) in [6, 6.07) is 7.76. The number of rotatable bonds is 10. The van der Waals surface area contributed by atoms with Crippen LogP contribution in [-0.4, -0.2) is 57.6 Å². The van der Waals surface area contributed by atoms with E-state index in [4.69, 9.17) is 14.6 Å². The molecule has 1 amide bonds. The fraction of sp³-hybridized carbons (Fsp3) is 0.312. The van der Waals surface area contributed by atoms with E-state index in [0.717, 1.165) is 28.9 Å². The molecule has 0 heterocycles. The Labute approximate surface area is 234 Å². The lowest BCUT2D eigenvalue weighted by Crippen LogP contribution is -2.22. The number of aliphatic hydroxyl groups excluding tert-OH is 1. The lowest BCUT2D eigenvalue weighted by molar-refractivity contribution is -0.122. The highest BCUT2D eigenvalue weighted by molar-refractivity contribution is 6.19. The van der Waals surface area contributed by atoms with Crippen LogP contribution in [0.2, 0.25) is 0 Å². The quantitative estimate of drug-likeness (QED) is 0.149. The molecule has 0 radical (unpaired) electrons. The van der Waals surface area contributed by atoms with Crippen LogP contribution in [0.4, 0.5) is 5.69 Å². The number of allylic oxidation sites excluding steroid dienone is 10. The first-order chi connectivity index (χ1) is 18.6. The Kier molecular flexibility index (Phi) is 17.6. The molecular formula is C32H44N2O5. The summed E-state index contributed by atoms with van der Waals surface area (Å²) in [4.78, 5) is 24.4. The van der Waals surface area contributed by atoms with Crippen LogP contribution < -0.4 is 5.32 Å². The van der Waals surface area contributed by atoms with Gasteiger partial charge >= 0.3 is 0 Å². The van der Waals surface area contributed by atoms with Gasteiger partial charge in [-0.1, -0.05) is 56.9 Å². The summed E-state index contributed by atoms with van der Waals surface area (Å²) in [7, 11) is 8.55. The number of carbonyl (C=O) groups excluding carboxylic acids is 2. The van der Waals surface area contributed by atoms with Crippen molar-refractivity contribution in [1.29, 1.82) is 0 Å². The van der Waals surface area contributed by atoms with Gasteiger partial charge in [-0.05, 0) is 48.8 Å². The van der Waals surface area contributed by atoms with Crippen LogP contribution in [0.15, 0.2) is 102 Å². The highest BCUT2D eigenvalue weighted by Gasteiger charge is 2.14. The van der Waals surface area contributed by atoms with Crippen molar-refractivity contribution in [2.45, 2.75) is 33.6 Å². The van der Waals surface area contributed by atoms with E-state index in [1.807, 2.05) is 64.2 Å². The first-order valence-electron chi connectivity index (χ1n) is 12.7. The monoisotopic (exact) mass is 536 g/mol. The highest BCUT2D eigenvalue weighted by atomic mass is 16.5. The third-order valence-electron chi connectivity index (χ3n) is 5.20. The smallest absolute Gasteiger partial charge is 0.253 e. The van der Waals surface area contributed by atoms with Crippen molar-refractivity contribution >= 4 is 23.5 Å². The molecule has 0 saturated heterocycles. The molecule has 212 valence electrons. The number of nitrogens with zero attached hydrogens (tertiary/aromatic N) is 1. The molecule has 0 unspecified atom stereocenters. The van der Waals surface area contributed by atoms with Gasteiger partial charge in [0.25, 0.3) is 5.91 Å². The van der Waals surface area contributed by atoms with E-state index in [9.17, 15) is 9.59 Å². The maximum absolute atomic E-state index is 12.6. The highest BCUT2D eigenvalue weighted by Crippen LogP contribution is 2.21. The molecule has 1 aromatic carbocycles. The third kappa shape index (κ3) is 13.7. The second kappa shape index (κ2) is 19.8. The zero-order chi connectivity index (χ0) is 29.8. The van der Waals surface area contributed by atoms with Crippen molar-refractivity contribution < 1.29 is 24.2 Å². The van der Waals surface area contributed by atoms with E-state index in [1.54, 1.807) is 63.6 Å². The molecule has 0 atom stereocenters. The van der Waals surface area contributed by atoms with Crippen molar-refractivity contribution in [3.8, 4) is 0 Å². The van der Waals surface area contributed by atoms with E-state index in [0.29, 0.717) is 29.7 Å². The SMILES string of the molecule is C=C(/C=C(\C=C(/C)OC)OC)C/C=C(/C(=O)N(C)C)c1ccc(NC)cc1.CC.O=CC1=CCC(O)=CC=C1. The maximum Gasteiger partial charge on any atom is 0.253 e. The molecule has 0 bridgehead atoms. The Balaban J connectivity index is 0.000000996. The van der Waals surface area contributed by atoms with E-state index in [-0.39, 0.29) is 11.7 Å². The van der Waals surface area contributed by atoms with Gasteiger partial charge in [0.1, 0.15) is 12.0 Å². The summed E-state index contributed by atoms with van der Waals surface area (Å²) in [5.41, 5.74) is 3.93. The van der Waals surface area contributed by atoms with Crippen LogP contribution in [0, 0.1) is 0 Å². The second-order valence-corrected chi connectivity index (χ2v) is 8.26. The van der Waals surface area contributed by atoms with Crippen LogP contribution in [0.25, 0.3) is 5.57 Å². The van der Waals surface area contributed by atoms with Crippen molar-refractivity contribution in [1.82, 2.24) is 4.90 Å². The summed E-state index contributed by atoms with van der Waals surface area (Å²) < 4.78 is 10.5. The molecule has 7 heteroatoms. The Hall–Kier alpha value is -4.26. The van der Waals surface area contributed by atoms with Crippen LogP contribution in [-0.2, 0) is 19.1 Å². The number of hydrogen-bond acceptors (Lipinski definition) is 6. The summed E-state index contributed by atoms with van der Waals surface area (Å²) >= 11 is 0. The zero-order valence-corrected chi connectivity index (χ0v) is 24.6. The van der Waals surface area contributed by atoms with Gasteiger partial charge in [0.15, 0.2) is 0 Å². The normalized spacial score (nSPS) is 13.2.